The summed E-state index contributed by atoms with van der Waals surface area (Å²) in [7, 11) is 0. The van der Waals surface area contributed by atoms with E-state index in [4.69, 9.17) is 5.73 Å². The van der Waals surface area contributed by atoms with Crippen molar-refractivity contribution >= 4 is 17.1 Å². The Kier molecular flexibility index (Phi) is 4.85. The van der Waals surface area contributed by atoms with Crippen LogP contribution in [0, 0.1) is 0 Å². The third-order valence-electron chi connectivity index (χ3n) is 4.78. The fourth-order valence-electron chi connectivity index (χ4n) is 3.34. The second-order valence-corrected chi connectivity index (χ2v) is 6.79. The molecule has 0 saturated heterocycles. The van der Waals surface area contributed by atoms with E-state index < -0.39 is 0 Å². The summed E-state index contributed by atoms with van der Waals surface area (Å²) >= 11 is 0. The molecule has 4 rings (SSSR count). The summed E-state index contributed by atoms with van der Waals surface area (Å²) in [6, 6.07) is 15.9. The van der Waals surface area contributed by atoms with Gasteiger partial charge in [-0.3, -0.25) is 9.78 Å². The van der Waals surface area contributed by atoms with Gasteiger partial charge in [0.1, 0.15) is 11.3 Å². The van der Waals surface area contributed by atoms with Crippen LogP contribution in [0.3, 0.4) is 0 Å². The number of aryl methyl sites for hydroxylation is 1. The number of nitrogens with two attached hydrogens (primary N) is 1. The standard InChI is InChI=1S/C22H21N5O/c1-2-15-5-3-6-16(11-15)12-19(28)13-18-9-8-17(14-24-18)20-7-4-10-27-21(20)22(23)25-26-27/h3-11,14H,2,12-13,23H2,1H3. The molecule has 0 aliphatic carbocycles. The van der Waals surface area contributed by atoms with Crippen molar-refractivity contribution in [1.29, 1.82) is 0 Å². The molecule has 28 heavy (non-hydrogen) atoms. The van der Waals surface area contributed by atoms with Crippen LogP contribution in [0.2, 0.25) is 0 Å². The second kappa shape index (κ2) is 7.60. The minimum absolute atomic E-state index is 0.153. The molecule has 3 aromatic heterocycles. The van der Waals surface area contributed by atoms with Crippen LogP contribution in [-0.2, 0) is 24.1 Å². The van der Waals surface area contributed by atoms with E-state index in [1.54, 1.807) is 16.9 Å². The fraction of sp³-hybridized carbons (Fsp3) is 0.182. The molecule has 0 aliphatic rings. The number of nitrogens with zero attached hydrogens (tertiary/aromatic N) is 4. The molecule has 6 nitrogen and oxygen atoms in total. The average molecular weight is 371 g/mol. The maximum Gasteiger partial charge on any atom is 0.174 e. The van der Waals surface area contributed by atoms with Gasteiger partial charge in [0.2, 0.25) is 0 Å². The molecule has 4 aromatic rings. The van der Waals surface area contributed by atoms with Crippen molar-refractivity contribution < 1.29 is 4.79 Å². The first-order valence-corrected chi connectivity index (χ1v) is 9.28. The van der Waals surface area contributed by atoms with Crippen LogP contribution in [-0.4, -0.2) is 25.6 Å². The predicted octanol–water partition coefficient (Wildman–Crippen LogP) is 3.29. The normalized spacial score (nSPS) is 11.0. The molecule has 0 saturated carbocycles. The highest BCUT2D eigenvalue weighted by atomic mass is 16.1. The van der Waals surface area contributed by atoms with Gasteiger partial charge in [-0.05, 0) is 29.7 Å². The van der Waals surface area contributed by atoms with Crippen LogP contribution in [0.25, 0.3) is 16.6 Å². The number of aromatic nitrogens is 4. The molecule has 140 valence electrons. The molecule has 2 N–H and O–H groups in total. The van der Waals surface area contributed by atoms with E-state index in [-0.39, 0.29) is 5.78 Å². The molecule has 1 aromatic carbocycles. The Morgan fingerprint density at radius 3 is 2.71 bits per heavy atom. The third kappa shape index (κ3) is 3.62. The van der Waals surface area contributed by atoms with Crippen molar-refractivity contribution in [3.05, 3.63) is 77.7 Å². The number of ketones is 1. The van der Waals surface area contributed by atoms with E-state index in [2.05, 4.69) is 34.4 Å². The summed E-state index contributed by atoms with van der Waals surface area (Å²) < 4.78 is 1.65. The number of carbonyl (C=O) groups excluding carboxylic acids is 1. The first-order valence-electron chi connectivity index (χ1n) is 9.28. The van der Waals surface area contributed by atoms with Crippen LogP contribution in [0.4, 0.5) is 5.82 Å². The zero-order valence-electron chi connectivity index (χ0n) is 15.7. The van der Waals surface area contributed by atoms with Crippen LogP contribution >= 0.6 is 0 Å². The highest BCUT2D eigenvalue weighted by Crippen LogP contribution is 2.26. The highest BCUT2D eigenvalue weighted by Gasteiger charge is 2.11. The minimum atomic E-state index is 0.153. The minimum Gasteiger partial charge on any atom is -0.380 e. The van der Waals surface area contributed by atoms with Crippen molar-refractivity contribution in [2.24, 2.45) is 0 Å². The Balaban J connectivity index is 1.50. The summed E-state index contributed by atoms with van der Waals surface area (Å²) in [5.41, 5.74) is 11.6. The lowest BCUT2D eigenvalue weighted by Gasteiger charge is -2.06. The zero-order valence-corrected chi connectivity index (χ0v) is 15.7. The van der Waals surface area contributed by atoms with Gasteiger partial charge < -0.3 is 5.73 Å². The molecule has 0 atom stereocenters. The van der Waals surface area contributed by atoms with E-state index in [1.807, 2.05) is 36.4 Å². The fourth-order valence-corrected chi connectivity index (χ4v) is 3.34. The Bertz CT molecular complexity index is 1130. The van der Waals surface area contributed by atoms with Gasteiger partial charge >= 0.3 is 0 Å². The van der Waals surface area contributed by atoms with Crippen LogP contribution < -0.4 is 5.73 Å². The number of anilines is 1. The van der Waals surface area contributed by atoms with Crippen LogP contribution in [0.15, 0.2) is 60.9 Å². The quantitative estimate of drug-likeness (QED) is 0.562. The lowest BCUT2D eigenvalue weighted by atomic mass is 10.0. The van der Waals surface area contributed by atoms with Crippen molar-refractivity contribution in [1.82, 2.24) is 19.8 Å². The maximum absolute atomic E-state index is 12.4. The molecule has 0 spiro atoms. The molecular formula is C22H21N5O. The molecule has 0 aliphatic heterocycles. The molecule has 0 radical (unpaired) electrons. The van der Waals surface area contributed by atoms with Gasteiger partial charge in [0.15, 0.2) is 5.82 Å². The van der Waals surface area contributed by atoms with Crippen LogP contribution in [0.1, 0.15) is 23.7 Å². The number of nitrogen functional groups attached to an aromatic ring is 1. The van der Waals surface area contributed by atoms with Crippen molar-refractivity contribution in [3.63, 3.8) is 0 Å². The lowest BCUT2D eigenvalue weighted by Crippen LogP contribution is -2.08. The van der Waals surface area contributed by atoms with Crippen molar-refractivity contribution in [2.45, 2.75) is 26.2 Å². The highest BCUT2D eigenvalue weighted by molar-refractivity contribution is 5.87. The second-order valence-electron chi connectivity index (χ2n) is 6.79. The monoisotopic (exact) mass is 371 g/mol. The summed E-state index contributed by atoms with van der Waals surface area (Å²) in [6.07, 6.45) is 5.28. The average Bonchev–Trinajstić information content (AvgIpc) is 3.10. The number of hydrogen-bond donors (Lipinski definition) is 1. The van der Waals surface area contributed by atoms with Crippen molar-refractivity contribution in [3.8, 4) is 11.1 Å². The molecule has 0 fully saturated rings. The number of benzene rings is 1. The zero-order chi connectivity index (χ0) is 19.5. The van der Waals surface area contributed by atoms with Gasteiger partial charge in [0.25, 0.3) is 0 Å². The Labute approximate surface area is 163 Å². The smallest absolute Gasteiger partial charge is 0.174 e. The summed E-state index contributed by atoms with van der Waals surface area (Å²) in [5.74, 6) is 0.531. The summed E-state index contributed by atoms with van der Waals surface area (Å²) in [6.45, 7) is 2.11. The summed E-state index contributed by atoms with van der Waals surface area (Å²) in [5, 5.41) is 7.91. The number of pyridine rings is 2. The van der Waals surface area contributed by atoms with Gasteiger partial charge in [-0.15, -0.1) is 5.10 Å². The molecule has 0 unspecified atom stereocenters. The Hall–Kier alpha value is -3.54. The number of carbonyl (C=O) groups is 1. The first-order chi connectivity index (χ1) is 13.6. The topological polar surface area (TPSA) is 86.2 Å². The molecule has 6 heteroatoms. The lowest BCUT2D eigenvalue weighted by molar-refractivity contribution is -0.117. The number of fused-ring (bicyclic) bond motifs is 1. The van der Waals surface area contributed by atoms with E-state index >= 15 is 0 Å². The maximum atomic E-state index is 12.4. The number of hydrogen-bond acceptors (Lipinski definition) is 5. The number of rotatable bonds is 6. The third-order valence-corrected chi connectivity index (χ3v) is 4.78. The van der Waals surface area contributed by atoms with Crippen LogP contribution in [0.5, 0.6) is 0 Å². The van der Waals surface area contributed by atoms with Gasteiger partial charge in [-0.2, -0.15) is 0 Å². The first kappa shape index (κ1) is 17.9. The van der Waals surface area contributed by atoms with Gasteiger partial charge in [-0.1, -0.05) is 48.5 Å². The molecule has 3 heterocycles. The molecule has 0 bridgehead atoms. The largest absolute Gasteiger partial charge is 0.380 e. The van der Waals surface area contributed by atoms with Gasteiger partial charge in [-0.25, -0.2) is 4.52 Å². The Morgan fingerprint density at radius 2 is 1.93 bits per heavy atom. The van der Waals surface area contributed by atoms with Gasteiger partial charge in [0.05, 0.1) is 0 Å². The van der Waals surface area contributed by atoms with E-state index in [9.17, 15) is 4.79 Å². The Morgan fingerprint density at radius 1 is 1.07 bits per heavy atom. The van der Waals surface area contributed by atoms with Crippen molar-refractivity contribution in [2.75, 3.05) is 5.73 Å². The molecular weight excluding hydrogens is 350 g/mol. The predicted molar refractivity (Wildman–Crippen MR) is 109 cm³/mol. The molecule has 0 amide bonds. The number of Topliss-reactive ketones (excluding diaryl/α,β-unsaturated/α-hetero) is 1. The summed E-state index contributed by atoms with van der Waals surface area (Å²) in [4.78, 5) is 16.9. The van der Waals surface area contributed by atoms with Gasteiger partial charge in [0, 0.05) is 42.1 Å². The van der Waals surface area contributed by atoms with E-state index in [1.165, 1.54) is 5.56 Å². The SMILES string of the molecule is CCc1cccc(CC(=O)Cc2ccc(-c3cccn4nnc(N)c34)cn2)c1. The van der Waals surface area contributed by atoms with E-state index in [0.29, 0.717) is 18.7 Å². The van der Waals surface area contributed by atoms with E-state index in [0.717, 1.165) is 34.3 Å².